The number of amides is 2. The number of hydrogen-bond donors (Lipinski definition) is 0. The third-order valence-electron chi connectivity index (χ3n) is 6.65. The number of hydrogen-bond acceptors (Lipinski definition) is 4. The number of ketones is 1. The van der Waals surface area contributed by atoms with E-state index in [1.807, 2.05) is 41.0 Å². The van der Waals surface area contributed by atoms with Gasteiger partial charge in [-0.3, -0.25) is 14.7 Å². The van der Waals surface area contributed by atoms with Gasteiger partial charge in [0.25, 0.3) is 0 Å². The number of rotatable bonds is 5. The van der Waals surface area contributed by atoms with E-state index in [0.29, 0.717) is 17.0 Å². The second kappa shape index (κ2) is 9.59. The minimum atomic E-state index is 0.0422. The Hall–Kier alpha value is -2.44. The number of benzene rings is 1. The van der Waals surface area contributed by atoms with Crippen LogP contribution in [0.25, 0.3) is 0 Å². The molecule has 2 aliphatic heterocycles. The third kappa shape index (κ3) is 4.97. The molecular weight excluding hydrogens is 424 g/mol. The van der Waals surface area contributed by atoms with Gasteiger partial charge in [0.05, 0.1) is 0 Å². The normalized spacial score (nSPS) is 19.1. The molecule has 2 fully saturated rings. The lowest BCUT2D eigenvalue weighted by atomic mass is 9.96. The van der Waals surface area contributed by atoms with Crippen molar-refractivity contribution in [2.24, 2.45) is 0 Å². The van der Waals surface area contributed by atoms with Gasteiger partial charge in [-0.2, -0.15) is 0 Å². The summed E-state index contributed by atoms with van der Waals surface area (Å²) >= 11 is 6.44. The van der Waals surface area contributed by atoms with Crippen molar-refractivity contribution in [2.45, 2.75) is 46.2 Å². The van der Waals surface area contributed by atoms with Crippen LogP contribution in [0.5, 0.6) is 0 Å². The Labute approximate surface area is 195 Å². The number of urea groups is 1. The molecule has 0 bridgehead atoms. The molecule has 0 saturated carbocycles. The molecule has 0 spiro atoms. The Balaban J connectivity index is 1.43. The van der Waals surface area contributed by atoms with E-state index in [1.165, 1.54) is 0 Å². The highest BCUT2D eigenvalue weighted by Crippen LogP contribution is 2.25. The third-order valence-corrected chi connectivity index (χ3v) is 6.87. The molecule has 1 atom stereocenters. The van der Waals surface area contributed by atoms with E-state index in [1.54, 1.807) is 6.20 Å². The van der Waals surface area contributed by atoms with Gasteiger partial charge in [-0.05, 0) is 68.1 Å². The molecular formula is C25H31ClN4O2. The molecule has 170 valence electrons. The first-order valence-electron chi connectivity index (χ1n) is 11.3. The lowest BCUT2D eigenvalue weighted by Gasteiger charge is -2.44. The molecule has 6 nitrogen and oxygen atoms in total. The number of Topliss-reactive ketones (excluding diaryl/α,β-unsaturated/α-hetero) is 1. The Bertz CT molecular complexity index is 1000. The van der Waals surface area contributed by atoms with Crippen LogP contribution in [0.1, 0.15) is 46.1 Å². The van der Waals surface area contributed by atoms with Gasteiger partial charge in [-0.15, -0.1) is 0 Å². The Morgan fingerprint density at radius 1 is 1.09 bits per heavy atom. The molecule has 7 heteroatoms. The average Bonchev–Trinajstić information content (AvgIpc) is 2.70. The van der Waals surface area contributed by atoms with Gasteiger partial charge in [0.2, 0.25) is 0 Å². The SMILES string of the molecule is Cc1ccc(C(=O)Cc2cc(Cl)cc(CN3CCN(C(=O)N4CCC4)[C@@H](C)C3)c2C)cn1. The molecule has 32 heavy (non-hydrogen) atoms. The number of piperazine rings is 1. The van der Waals surface area contributed by atoms with Gasteiger partial charge in [0, 0.05) is 74.2 Å². The van der Waals surface area contributed by atoms with E-state index < -0.39 is 0 Å². The van der Waals surface area contributed by atoms with Crippen molar-refractivity contribution in [1.29, 1.82) is 0 Å². The van der Waals surface area contributed by atoms with Gasteiger partial charge in [0.1, 0.15) is 0 Å². The van der Waals surface area contributed by atoms with E-state index in [-0.39, 0.29) is 17.9 Å². The monoisotopic (exact) mass is 454 g/mol. The largest absolute Gasteiger partial charge is 0.325 e. The highest BCUT2D eigenvalue weighted by atomic mass is 35.5. The van der Waals surface area contributed by atoms with Crippen LogP contribution >= 0.6 is 11.6 Å². The Kier molecular flexibility index (Phi) is 6.82. The fourth-order valence-electron chi connectivity index (χ4n) is 4.44. The van der Waals surface area contributed by atoms with Crippen molar-refractivity contribution in [3.63, 3.8) is 0 Å². The van der Waals surface area contributed by atoms with E-state index in [9.17, 15) is 9.59 Å². The summed E-state index contributed by atoms with van der Waals surface area (Å²) < 4.78 is 0. The van der Waals surface area contributed by atoms with Gasteiger partial charge in [-0.1, -0.05) is 11.6 Å². The second-order valence-electron chi connectivity index (χ2n) is 9.04. The standard InChI is InChI=1S/C25H31ClN4O2/c1-17-5-6-20(14-27-17)24(31)13-21-11-23(26)12-22(19(21)3)16-28-9-10-30(18(2)15-28)25(32)29-7-4-8-29/h5-6,11-12,14,18H,4,7-10,13,15-16H2,1-3H3/t18-/m0/s1. The van der Waals surface area contributed by atoms with E-state index in [4.69, 9.17) is 11.6 Å². The van der Waals surface area contributed by atoms with Crippen LogP contribution in [-0.4, -0.2) is 70.3 Å². The highest BCUT2D eigenvalue weighted by molar-refractivity contribution is 6.30. The first kappa shape index (κ1) is 22.7. The number of carbonyl (C=O) groups excluding carboxylic acids is 2. The number of aryl methyl sites for hydroxylation is 1. The molecule has 3 heterocycles. The van der Waals surface area contributed by atoms with Crippen molar-refractivity contribution in [3.8, 4) is 0 Å². The molecule has 4 rings (SSSR count). The lowest BCUT2D eigenvalue weighted by molar-refractivity contribution is 0.0661. The highest BCUT2D eigenvalue weighted by Gasteiger charge is 2.32. The molecule has 2 amide bonds. The summed E-state index contributed by atoms with van der Waals surface area (Å²) in [6.07, 6.45) is 3.05. The first-order chi connectivity index (χ1) is 15.3. The van der Waals surface area contributed by atoms with Crippen LogP contribution in [0, 0.1) is 13.8 Å². The van der Waals surface area contributed by atoms with Gasteiger partial charge >= 0.3 is 6.03 Å². The summed E-state index contributed by atoms with van der Waals surface area (Å²) in [5.74, 6) is 0.0422. The minimum Gasteiger partial charge on any atom is -0.325 e. The van der Waals surface area contributed by atoms with Crippen molar-refractivity contribution in [1.82, 2.24) is 19.7 Å². The van der Waals surface area contributed by atoms with Gasteiger partial charge in [0.15, 0.2) is 5.78 Å². The van der Waals surface area contributed by atoms with Crippen molar-refractivity contribution in [3.05, 3.63) is 63.4 Å². The number of nitrogens with zero attached hydrogens (tertiary/aromatic N) is 4. The smallest absolute Gasteiger partial charge is 0.320 e. The van der Waals surface area contributed by atoms with E-state index in [0.717, 1.165) is 68.1 Å². The minimum absolute atomic E-state index is 0.0422. The van der Waals surface area contributed by atoms with Crippen LogP contribution in [0.4, 0.5) is 4.79 Å². The fourth-order valence-corrected chi connectivity index (χ4v) is 4.71. The zero-order valence-electron chi connectivity index (χ0n) is 19.1. The molecule has 2 aliphatic rings. The van der Waals surface area contributed by atoms with Crippen LogP contribution in [0.15, 0.2) is 30.5 Å². The Morgan fingerprint density at radius 3 is 2.47 bits per heavy atom. The molecule has 0 aliphatic carbocycles. The van der Waals surface area contributed by atoms with E-state index in [2.05, 4.69) is 23.7 Å². The van der Waals surface area contributed by atoms with Crippen molar-refractivity contribution in [2.75, 3.05) is 32.7 Å². The predicted molar refractivity (Wildman–Crippen MR) is 126 cm³/mol. The predicted octanol–water partition coefficient (Wildman–Crippen LogP) is 4.11. The summed E-state index contributed by atoms with van der Waals surface area (Å²) in [7, 11) is 0. The summed E-state index contributed by atoms with van der Waals surface area (Å²) in [5.41, 5.74) is 4.71. The number of aromatic nitrogens is 1. The quantitative estimate of drug-likeness (QED) is 0.638. The van der Waals surface area contributed by atoms with Crippen LogP contribution in [0.3, 0.4) is 0 Å². The summed E-state index contributed by atoms with van der Waals surface area (Å²) in [5, 5.41) is 0.648. The van der Waals surface area contributed by atoms with Crippen molar-refractivity contribution >= 4 is 23.4 Å². The Morgan fingerprint density at radius 2 is 1.84 bits per heavy atom. The average molecular weight is 455 g/mol. The van der Waals surface area contributed by atoms with Crippen molar-refractivity contribution < 1.29 is 9.59 Å². The molecule has 1 aromatic carbocycles. The first-order valence-corrected chi connectivity index (χ1v) is 11.7. The summed E-state index contributed by atoms with van der Waals surface area (Å²) in [6, 6.07) is 7.93. The molecule has 0 radical (unpaired) electrons. The van der Waals surface area contributed by atoms with Gasteiger partial charge in [-0.25, -0.2) is 4.79 Å². The summed E-state index contributed by atoms with van der Waals surface area (Å²) in [6.45, 7) is 11.0. The zero-order valence-corrected chi connectivity index (χ0v) is 19.9. The van der Waals surface area contributed by atoms with Crippen LogP contribution < -0.4 is 0 Å². The fraction of sp³-hybridized carbons (Fsp3) is 0.480. The molecule has 0 N–H and O–H groups in total. The van der Waals surface area contributed by atoms with Gasteiger partial charge < -0.3 is 9.80 Å². The number of halogens is 1. The topological polar surface area (TPSA) is 56.8 Å². The zero-order chi connectivity index (χ0) is 22.8. The number of likely N-dealkylation sites (tertiary alicyclic amines) is 1. The maximum atomic E-state index is 12.8. The maximum absolute atomic E-state index is 12.8. The number of pyridine rings is 1. The van der Waals surface area contributed by atoms with Crippen LogP contribution in [0.2, 0.25) is 5.02 Å². The van der Waals surface area contributed by atoms with E-state index >= 15 is 0 Å². The molecule has 0 unspecified atom stereocenters. The summed E-state index contributed by atoms with van der Waals surface area (Å²) in [4.78, 5) is 35.9. The molecule has 2 saturated heterocycles. The van der Waals surface area contributed by atoms with Crippen LogP contribution in [-0.2, 0) is 13.0 Å². The lowest BCUT2D eigenvalue weighted by Crippen LogP contribution is -2.59. The second-order valence-corrected chi connectivity index (χ2v) is 9.47. The number of carbonyl (C=O) groups is 2. The molecule has 1 aromatic heterocycles. The maximum Gasteiger partial charge on any atom is 0.320 e. The molecule has 2 aromatic rings.